The second-order valence-corrected chi connectivity index (χ2v) is 5.82. The molecule has 5 nitrogen and oxygen atoms in total. The van der Waals surface area contributed by atoms with Crippen LogP contribution in [0.1, 0.15) is 34.1 Å². The molecule has 0 unspecified atom stereocenters. The molecule has 5 heteroatoms. The minimum atomic E-state index is -0.436. The lowest BCUT2D eigenvalue weighted by atomic mass is 9.90. The van der Waals surface area contributed by atoms with E-state index < -0.39 is 5.60 Å². The van der Waals surface area contributed by atoms with Gasteiger partial charge < -0.3 is 20.1 Å². The summed E-state index contributed by atoms with van der Waals surface area (Å²) in [6.45, 7) is 10.2. The molecule has 1 fully saturated rings. The number of carbonyl (C=O) groups excluding carboxylic acids is 1. The van der Waals surface area contributed by atoms with Gasteiger partial charge in [0.2, 0.25) is 0 Å². The van der Waals surface area contributed by atoms with Crippen molar-refractivity contribution in [2.24, 2.45) is 5.92 Å². The van der Waals surface area contributed by atoms with Crippen LogP contribution >= 0.6 is 0 Å². The van der Waals surface area contributed by atoms with Crippen LogP contribution in [0.4, 0.5) is 4.79 Å². The normalized spacial score (nSPS) is 18.4. The molecule has 1 saturated heterocycles. The summed E-state index contributed by atoms with van der Waals surface area (Å²) in [6, 6.07) is 0.290. The predicted molar refractivity (Wildman–Crippen MR) is 70.5 cm³/mol. The first-order chi connectivity index (χ1) is 8.37. The van der Waals surface area contributed by atoms with E-state index in [0.717, 1.165) is 13.0 Å². The van der Waals surface area contributed by atoms with E-state index in [1.807, 2.05) is 20.8 Å². The van der Waals surface area contributed by atoms with Crippen LogP contribution in [0.3, 0.4) is 0 Å². The molecule has 1 heterocycles. The molecule has 1 aliphatic rings. The molecular formula is C13H26N2O3. The van der Waals surface area contributed by atoms with Crippen molar-refractivity contribution in [1.29, 1.82) is 0 Å². The van der Waals surface area contributed by atoms with Crippen LogP contribution in [0, 0.1) is 5.92 Å². The van der Waals surface area contributed by atoms with Crippen LogP contribution in [0.15, 0.2) is 0 Å². The maximum absolute atomic E-state index is 11.8. The van der Waals surface area contributed by atoms with Gasteiger partial charge in [0, 0.05) is 31.7 Å². The summed E-state index contributed by atoms with van der Waals surface area (Å²) < 4.78 is 5.31. The van der Waals surface area contributed by atoms with Crippen LogP contribution in [0.2, 0.25) is 0 Å². The molecular weight excluding hydrogens is 232 g/mol. The summed E-state index contributed by atoms with van der Waals surface area (Å²) in [5.74, 6) is 0.421. The highest BCUT2D eigenvalue weighted by atomic mass is 16.6. The SMILES string of the molecule is CCN[C@H](CCO)C1CN(C(=O)OC(C)(C)C)C1. The van der Waals surface area contributed by atoms with E-state index in [2.05, 4.69) is 12.2 Å². The standard InChI is InChI=1S/C13H26N2O3/c1-5-14-11(6-7-16)10-8-15(9-10)12(17)18-13(2,3)4/h10-11,14,16H,5-9H2,1-4H3/t11-/m1/s1. The van der Waals surface area contributed by atoms with Gasteiger partial charge in [0.05, 0.1) is 0 Å². The summed E-state index contributed by atoms with van der Waals surface area (Å²) in [5.41, 5.74) is -0.436. The highest BCUT2D eigenvalue weighted by molar-refractivity contribution is 5.69. The number of carbonyl (C=O) groups is 1. The van der Waals surface area contributed by atoms with Gasteiger partial charge in [0.25, 0.3) is 0 Å². The molecule has 1 aliphatic heterocycles. The van der Waals surface area contributed by atoms with Gasteiger partial charge in [-0.2, -0.15) is 0 Å². The Hall–Kier alpha value is -0.810. The number of likely N-dealkylation sites (tertiary alicyclic amines) is 1. The summed E-state index contributed by atoms with van der Waals surface area (Å²) >= 11 is 0. The van der Waals surface area contributed by atoms with Crippen molar-refractivity contribution in [2.45, 2.75) is 45.8 Å². The van der Waals surface area contributed by atoms with E-state index >= 15 is 0 Å². The second-order valence-electron chi connectivity index (χ2n) is 5.82. The molecule has 18 heavy (non-hydrogen) atoms. The van der Waals surface area contributed by atoms with Gasteiger partial charge in [-0.1, -0.05) is 6.92 Å². The van der Waals surface area contributed by atoms with Gasteiger partial charge in [-0.05, 0) is 33.7 Å². The van der Waals surface area contributed by atoms with E-state index in [1.54, 1.807) is 4.90 Å². The van der Waals surface area contributed by atoms with Crippen molar-refractivity contribution in [3.63, 3.8) is 0 Å². The molecule has 0 aromatic heterocycles. The molecule has 0 aromatic carbocycles. The third-order valence-electron chi connectivity index (χ3n) is 3.04. The van der Waals surface area contributed by atoms with Gasteiger partial charge in [0.15, 0.2) is 0 Å². The first-order valence-electron chi connectivity index (χ1n) is 6.69. The second kappa shape index (κ2) is 6.38. The minimum Gasteiger partial charge on any atom is -0.444 e. The van der Waals surface area contributed by atoms with Crippen molar-refractivity contribution in [2.75, 3.05) is 26.2 Å². The lowest BCUT2D eigenvalue weighted by molar-refractivity contribution is -0.00804. The number of aliphatic hydroxyl groups is 1. The van der Waals surface area contributed by atoms with E-state index in [4.69, 9.17) is 9.84 Å². The van der Waals surface area contributed by atoms with Crippen molar-refractivity contribution in [1.82, 2.24) is 10.2 Å². The minimum absolute atomic E-state index is 0.181. The van der Waals surface area contributed by atoms with Gasteiger partial charge in [0.1, 0.15) is 5.60 Å². The van der Waals surface area contributed by atoms with Crippen LogP contribution in [0.5, 0.6) is 0 Å². The lowest BCUT2D eigenvalue weighted by Crippen LogP contribution is -2.58. The molecule has 106 valence electrons. The summed E-state index contributed by atoms with van der Waals surface area (Å²) in [5, 5.41) is 12.4. The first kappa shape index (κ1) is 15.2. The number of aliphatic hydroxyl groups excluding tert-OH is 1. The van der Waals surface area contributed by atoms with Crippen LogP contribution in [0.25, 0.3) is 0 Å². The molecule has 0 aromatic rings. The van der Waals surface area contributed by atoms with E-state index in [1.165, 1.54) is 0 Å². The van der Waals surface area contributed by atoms with Gasteiger partial charge >= 0.3 is 6.09 Å². The predicted octanol–water partition coefficient (Wildman–Crippen LogP) is 1.21. The molecule has 0 aliphatic carbocycles. The fourth-order valence-electron chi connectivity index (χ4n) is 2.15. The number of ether oxygens (including phenoxy) is 1. The fourth-order valence-corrected chi connectivity index (χ4v) is 2.15. The Kier molecular flexibility index (Phi) is 5.41. The highest BCUT2D eigenvalue weighted by Gasteiger charge is 2.37. The van der Waals surface area contributed by atoms with Crippen molar-refractivity contribution < 1.29 is 14.6 Å². The lowest BCUT2D eigenvalue weighted by Gasteiger charge is -2.43. The highest BCUT2D eigenvalue weighted by Crippen LogP contribution is 2.23. The Balaban J connectivity index is 2.35. The molecule has 1 amide bonds. The van der Waals surface area contributed by atoms with Crippen molar-refractivity contribution in [3.05, 3.63) is 0 Å². The Bertz CT molecular complexity index is 264. The zero-order chi connectivity index (χ0) is 13.8. The monoisotopic (exact) mass is 258 g/mol. The summed E-state index contributed by atoms with van der Waals surface area (Å²) in [6.07, 6.45) is 0.499. The molecule has 0 bridgehead atoms. The third kappa shape index (κ3) is 4.46. The summed E-state index contributed by atoms with van der Waals surface area (Å²) in [7, 11) is 0. The third-order valence-corrected chi connectivity index (χ3v) is 3.04. The topological polar surface area (TPSA) is 61.8 Å². The van der Waals surface area contributed by atoms with Crippen LogP contribution < -0.4 is 5.32 Å². The quantitative estimate of drug-likeness (QED) is 0.778. The average molecular weight is 258 g/mol. The number of nitrogens with zero attached hydrogens (tertiary/aromatic N) is 1. The van der Waals surface area contributed by atoms with Gasteiger partial charge in [-0.15, -0.1) is 0 Å². The molecule has 1 atom stereocenters. The Morgan fingerprint density at radius 2 is 2.11 bits per heavy atom. The zero-order valence-electron chi connectivity index (χ0n) is 11.9. The van der Waals surface area contributed by atoms with E-state index in [9.17, 15) is 4.79 Å². The zero-order valence-corrected chi connectivity index (χ0v) is 11.9. The van der Waals surface area contributed by atoms with Crippen LogP contribution in [-0.2, 0) is 4.74 Å². The number of hydrogen-bond donors (Lipinski definition) is 2. The average Bonchev–Trinajstić information content (AvgIpc) is 2.12. The van der Waals surface area contributed by atoms with Crippen LogP contribution in [-0.4, -0.2) is 54.0 Å². The van der Waals surface area contributed by atoms with Crippen molar-refractivity contribution >= 4 is 6.09 Å². The number of hydrogen-bond acceptors (Lipinski definition) is 4. The Morgan fingerprint density at radius 1 is 1.50 bits per heavy atom. The molecule has 1 rings (SSSR count). The number of amides is 1. The van der Waals surface area contributed by atoms with Gasteiger partial charge in [-0.3, -0.25) is 0 Å². The summed E-state index contributed by atoms with van der Waals surface area (Å²) in [4.78, 5) is 13.5. The molecule has 0 saturated carbocycles. The van der Waals surface area contributed by atoms with E-state index in [0.29, 0.717) is 25.0 Å². The Morgan fingerprint density at radius 3 is 2.56 bits per heavy atom. The molecule has 0 spiro atoms. The fraction of sp³-hybridized carbons (Fsp3) is 0.923. The first-order valence-corrected chi connectivity index (χ1v) is 6.69. The number of nitrogens with one attached hydrogen (secondary N) is 1. The molecule has 2 N–H and O–H groups in total. The van der Waals surface area contributed by atoms with Gasteiger partial charge in [-0.25, -0.2) is 4.79 Å². The molecule has 0 radical (unpaired) electrons. The van der Waals surface area contributed by atoms with Crippen molar-refractivity contribution in [3.8, 4) is 0 Å². The number of rotatable bonds is 5. The maximum atomic E-state index is 11.8. The maximum Gasteiger partial charge on any atom is 0.410 e. The van der Waals surface area contributed by atoms with E-state index in [-0.39, 0.29) is 12.7 Å². The smallest absolute Gasteiger partial charge is 0.410 e. The Labute approximate surface area is 109 Å². The largest absolute Gasteiger partial charge is 0.444 e.